The van der Waals surface area contributed by atoms with Crippen LogP contribution in [-0.2, 0) is 20.8 Å². The smallest absolute Gasteiger partial charge is 0.234 e. The molecule has 0 bridgehead atoms. The Labute approximate surface area is 186 Å². The van der Waals surface area contributed by atoms with Crippen molar-refractivity contribution in [2.24, 2.45) is 0 Å². The number of benzene rings is 2. The second-order valence-electron chi connectivity index (χ2n) is 7.91. The van der Waals surface area contributed by atoms with E-state index in [0.29, 0.717) is 13.1 Å². The van der Waals surface area contributed by atoms with Crippen molar-refractivity contribution in [3.8, 4) is 0 Å². The minimum atomic E-state index is -1.06. The van der Waals surface area contributed by atoms with Crippen molar-refractivity contribution in [2.75, 3.05) is 18.0 Å². The Morgan fingerprint density at radius 3 is 2.41 bits per heavy atom. The highest BCUT2D eigenvalue weighted by atomic mass is 35.5. The summed E-state index contributed by atoms with van der Waals surface area (Å²) in [7, 11) is 0. The lowest BCUT2D eigenvalue weighted by Gasteiger charge is -2.41. The molecule has 1 unspecified atom stereocenters. The average molecular weight is 466 g/mol. The molecule has 3 amide bonds. The van der Waals surface area contributed by atoms with Crippen molar-refractivity contribution < 1.29 is 27.6 Å². The quantitative estimate of drug-likeness (QED) is 0.666. The van der Waals surface area contributed by atoms with Gasteiger partial charge in [0.1, 0.15) is 17.5 Å². The van der Waals surface area contributed by atoms with Gasteiger partial charge in [0.15, 0.2) is 0 Å². The SMILES string of the molecule is O=C1CCC(c2c(F)cc(N3CC(NC(=O)Cc4ccc(Cl)cc4F)C3)cc2F)C(=O)N1. The Morgan fingerprint density at radius 1 is 1.09 bits per heavy atom. The summed E-state index contributed by atoms with van der Waals surface area (Å²) in [6, 6.07) is 6.11. The van der Waals surface area contributed by atoms with Crippen molar-refractivity contribution in [3.05, 3.63) is 63.9 Å². The van der Waals surface area contributed by atoms with Gasteiger partial charge in [-0.15, -0.1) is 0 Å². The van der Waals surface area contributed by atoms with Gasteiger partial charge in [-0.3, -0.25) is 19.7 Å². The lowest BCUT2D eigenvalue weighted by molar-refractivity contribution is -0.134. The Bertz CT molecular complexity index is 1080. The number of rotatable bonds is 5. The van der Waals surface area contributed by atoms with Gasteiger partial charge in [-0.25, -0.2) is 13.2 Å². The number of piperidine rings is 1. The van der Waals surface area contributed by atoms with Gasteiger partial charge < -0.3 is 10.2 Å². The molecule has 2 saturated heterocycles. The van der Waals surface area contributed by atoms with Crippen molar-refractivity contribution in [3.63, 3.8) is 0 Å². The molecule has 2 heterocycles. The first kappa shape index (κ1) is 22.1. The molecule has 2 aromatic carbocycles. The molecule has 2 aliphatic heterocycles. The van der Waals surface area contributed by atoms with E-state index in [1.54, 1.807) is 4.90 Å². The lowest BCUT2D eigenvalue weighted by Crippen LogP contribution is -2.59. The van der Waals surface area contributed by atoms with Crippen LogP contribution in [0.5, 0.6) is 0 Å². The molecule has 4 rings (SSSR count). The molecule has 0 aliphatic carbocycles. The summed E-state index contributed by atoms with van der Waals surface area (Å²) in [4.78, 5) is 37.1. The molecule has 2 fully saturated rings. The minimum Gasteiger partial charge on any atom is -0.367 e. The van der Waals surface area contributed by atoms with Crippen molar-refractivity contribution in [1.82, 2.24) is 10.6 Å². The van der Waals surface area contributed by atoms with E-state index in [9.17, 15) is 27.6 Å². The maximum Gasteiger partial charge on any atom is 0.234 e. The van der Waals surface area contributed by atoms with Gasteiger partial charge in [-0.2, -0.15) is 0 Å². The third-order valence-electron chi connectivity index (χ3n) is 5.63. The zero-order valence-electron chi connectivity index (χ0n) is 16.8. The maximum atomic E-state index is 14.7. The van der Waals surface area contributed by atoms with Crippen molar-refractivity contribution >= 4 is 35.0 Å². The Kier molecular flexibility index (Phi) is 6.10. The predicted octanol–water partition coefficient (Wildman–Crippen LogP) is 2.83. The van der Waals surface area contributed by atoms with Crippen LogP contribution in [-0.4, -0.2) is 36.9 Å². The van der Waals surface area contributed by atoms with Crippen LogP contribution in [0.15, 0.2) is 30.3 Å². The van der Waals surface area contributed by atoms with Gasteiger partial charge in [-0.1, -0.05) is 17.7 Å². The number of nitrogens with zero attached hydrogens (tertiary/aromatic N) is 1. The molecule has 32 heavy (non-hydrogen) atoms. The Hall–Kier alpha value is -3.07. The van der Waals surface area contributed by atoms with E-state index in [4.69, 9.17) is 11.6 Å². The van der Waals surface area contributed by atoms with Crippen LogP contribution in [0.2, 0.25) is 5.02 Å². The average Bonchev–Trinajstić information content (AvgIpc) is 2.67. The van der Waals surface area contributed by atoms with E-state index in [2.05, 4.69) is 10.6 Å². The van der Waals surface area contributed by atoms with Crippen LogP contribution < -0.4 is 15.5 Å². The summed E-state index contributed by atoms with van der Waals surface area (Å²) in [6.07, 6.45) is -0.0856. The molecule has 6 nitrogen and oxygen atoms in total. The van der Waals surface area contributed by atoms with E-state index >= 15 is 0 Å². The molecule has 2 N–H and O–H groups in total. The van der Waals surface area contributed by atoms with E-state index in [1.165, 1.54) is 12.1 Å². The van der Waals surface area contributed by atoms with E-state index in [-0.39, 0.29) is 53.0 Å². The standard InChI is InChI=1S/C22H19ClF3N3O3/c23-12-2-1-11(16(24)6-12)5-20(31)27-13-9-29(10-13)14-7-17(25)21(18(26)8-14)15-3-4-19(30)28-22(15)32/h1-2,6-8,13,15H,3-5,9-10H2,(H,27,31)(H,28,30,32). The summed E-state index contributed by atoms with van der Waals surface area (Å²) in [5, 5.41) is 5.09. The van der Waals surface area contributed by atoms with Crippen molar-refractivity contribution in [2.45, 2.75) is 31.2 Å². The number of imide groups is 1. The summed E-state index contributed by atoms with van der Waals surface area (Å²) in [5.74, 6) is -4.89. The molecule has 0 saturated carbocycles. The molecule has 0 aromatic heterocycles. The van der Waals surface area contributed by atoms with E-state index in [0.717, 1.165) is 18.2 Å². The van der Waals surface area contributed by atoms with Gasteiger partial charge in [0, 0.05) is 35.8 Å². The summed E-state index contributed by atoms with van der Waals surface area (Å²) in [6.45, 7) is 0.650. The summed E-state index contributed by atoms with van der Waals surface area (Å²) < 4.78 is 43.1. The molecule has 2 aromatic rings. The number of halogens is 4. The van der Waals surface area contributed by atoms with Crippen LogP contribution in [0.4, 0.5) is 18.9 Å². The fourth-order valence-corrected chi connectivity index (χ4v) is 4.11. The molecule has 0 spiro atoms. The number of hydrogen-bond donors (Lipinski definition) is 2. The van der Waals surface area contributed by atoms with Gasteiger partial charge >= 0.3 is 0 Å². The molecular formula is C22H19ClF3N3O3. The van der Waals surface area contributed by atoms with E-state index in [1.807, 2.05) is 0 Å². The summed E-state index contributed by atoms with van der Waals surface area (Å²) in [5.41, 5.74) is 0.149. The Balaban J connectivity index is 1.36. The van der Waals surface area contributed by atoms with Gasteiger partial charge in [0.05, 0.1) is 18.4 Å². The zero-order chi connectivity index (χ0) is 23.0. The molecule has 1 atom stereocenters. The molecule has 168 valence electrons. The first-order valence-corrected chi connectivity index (χ1v) is 10.4. The summed E-state index contributed by atoms with van der Waals surface area (Å²) >= 11 is 5.70. The molecule has 0 radical (unpaired) electrons. The normalized spacial score (nSPS) is 18.9. The topological polar surface area (TPSA) is 78.5 Å². The van der Waals surface area contributed by atoms with Gasteiger partial charge in [0.25, 0.3) is 0 Å². The fourth-order valence-electron chi connectivity index (χ4n) is 3.95. The fraction of sp³-hybridized carbons (Fsp3) is 0.318. The van der Waals surface area contributed by atoms with Crippen LogP contribution >= 0.6 is 11.6 Å². The first-order valence-electron chi connectivity index (χ1n) is 10.0. The number of amides is 3. The number of anilines is 1. The molecule has 10 heteroatoms. The Morgan fingerprint density at radius 2 is 1.78 bits per heavy atom. The number of hydrogen-bond acceptors (Lipinski definition) is 4. The van der Waals surface area contributed by atoms with Gasteiger partial charge in [0.2, 0.25) is 17.7 Å². The van der Waals surface area contributed by atoms with Gasteiger partial charge in [-0.05, 0) is 36.2 Å². The highest BCUT2D eigenvalue weighted by Crippen LogP contribution is 2.33. The maximum absolute atomic E-state index is 14.7. The highest BCUT2D eigenvalue weighted by molar-refractivity contribution is 6.30. The predicted molar refractivity (Wildman–Crippen MR) is 111 cm³/mol. The second-order valence-corrected chi connectivity index (χ2v) is 8.35. The van der Waals surface area contributed by atoms with E-state index < -0.39 is 35.2 Å². The first-order chi connectivity index (χ1) is 15.2. The van der Waals surface area contributed by atoms with Crippen LogP contribution in [0, 0.1) is 17.5 Å². The van der Waals surface area contributed by atoms with Crippen LogP contribution in [0.25, 0.3) is 0 Å². The van der Waals surface area contributed by atoms with Crippen molar-refractivity contribution in [1.29, 1.82) is 0 Å². The zero-order valence-corrected chi connectivity index (χ0v) is 17.5. The minimum absolute atomic E-state index is 0.0183. The highest BCUT2D eigenvalue weighted by Gasteiger charge is 2.34. The third kappa shape index (κ3) is 4.57. The monoisotopic (exact) mass is 465 g/mol. The lowest BCUT2D eigenvalue weighted by atomic mass is 9.89. The largest absolute Gasteiger partial charge is 0.367 e. The van der Waals surface area contributed by atoms with Crippen LogP contribution in [0.1, 0.15) is 29.9 Å². The molecular weight excluding hydrogens is 447 g/mol. The van der Waals surface area contributed by atoms with Crippen LogP contribution in [0.3, 0.4) is 0 Å². The third-order valence-corrected chi connectivity index (χ3v) is 5.86. The molecule has 2 aliphatic rings. The number of nitrogens with one attached hydrogen (secondary N) is 2. The second kappa shape index (κ2) is 8.82. The number of carbonyl (C=O) groups excluding carboxylic acids is 3. The number of carbonyl (C=O) groups is 3.